The number of aliphatic hydroxyl groups is 1. The summed E-state index contributed by atoms with van der Waals surface area (Å²) in [6.07, 6.45) is 2.02. The zero-order chi connectivity index (χ0) is 12.6. The van der Waals surface area contributed by atoms with Crippen LogP contribution in [0.2, 0.25) is 0 Å². The van der Waals surface area contributed by atoms with E-state index in [1.165, 1.54) is 5.56 Å². The molecule has 3 rings (SSSR count). The number of aromatic nitrogens is 2. The normalized spacial score (nSPS) is 18.6. The molecule has 0 spiro atoms. The van der Waals surface area contributed by atoms with E-state index in [9.17, 15) is 5.11 Å². The highest BCUT2D eigenvalue weighted by atomic mass is 16.5. The van der Waals surface area contributed by atoms with Crippen molar-refractivity contribution in [3.63, 3.8) is 0 Å². The van der Waals surface area contributed by atoms with Gasteiger partial charge in [0, 0.05) is 0 Å². The maximum atomic E-state index is 9.71. The molecule has 0 amide bonds. The molecule has 1 heterocycles. The third-order valence-electron chi connectivity index (χ3n) is 3.61. The molecule has 0 saturated heterocycles. The highest BCUT2D eigenvalue weighted by Gasteiger charge is 2.50. The fraction of sp³-hybridized carbons (Fsp3) is 0.429. The molecule has 4 nitrogen and oxygen atoms in total. The fourth-order valence-corrected chi connectivity index (χ4v) is 2.26. The molecule has 1 atom stereocenters. The van der Waals surface area contributed by atoms with Crippen LogP contribution in [0.3, 0.4) is 0 Å². The molecule has 2 aromatic rings. The lowest BCUT2D eigenvalue weighted by atomic mass is 9.96. The minimum atomic E-state index is -0.630. The number of benzene rings is 1. The third-order valence-corrected chi connectivity index (χ3v) is 3.61. The van der Waals surface area contributed by atoms with Crippen molar-refractivity contribution in [3.05, 3.63) is 47.6 Å². The van der Waals surface area contributed by atoms with Crippen LogP contribution in [0.25, 0.3) is 0 Å². The van der Waals surface area contributed by atoms with Crippen molar-refractivity contribution in [3.8, 4) is 0 Å². The topological polar surface area (TPSA) is 59.2 Å². The molecule has 1 aromatic carbocycles. The van der Waals surface area contributed by atoms with E-state index in [1.54, 1.807) is 0 Å². The molecule has 1 aromatic heterocycles. The largest absolute Gasteiger partial charge is 0.385 e. The second kappa shape index (κ2) is 4.21. The molecule has 18 heavy (non-hydrogen) atoms. The fourth-order valence-electron chi connectivity index (χ4n) is 2.26. The van der Waals surface area contributed by atoms with Crippen molar-refractivity contribution in [2.75, 3.05) is 0 Å². The monoisotopic (exact) mass is 244 g/mol. The molecular weight excluding hydrogens is 228 g/mol. The lowest BCUT2D eigenvalue weighted by molar-refractivity contribution is 0.159. The predicted molar refractivity (Wildman–Crippen MR) is 66.0 cm³/mol. The summed E-state index contributed by atoms with van der Waals surface area (Å²) in [4.78, 5) is 4.36. The summed E-state index contributed by atoms with van der Waals surface area (Å²) >= 11 is 0. The van der Waals surface area contributed by atoms with Gasteiger partial charge < -0.3 is 9.63 Å². The Bertz CT molecular complexity index is 532. The Morgan fingerprint density at radius 1 is 1.33 bits per heavy atom. The van der Waals surface area contributed by atoms with Crippen LogP contribution in [-0.2, 0) is 5.41 Å². The summed E-state index contributed by atoms with van der Waals surface area (Å²) < 4.78 is 5.35. The SMILES string of the molecule is CCC(O)c1noc(C2(c3ccccc3)CC2)n1. The molecule has 0 bridgehead atoms. The molecule has 1 saturated carbocycles. The number of aliphatic hydroxyl groups excluding tert-OH is 1. The third kappa shape index (κ3) is 1.73. The molecule has 94 valence electrons. The summed E-state index contributed by atoms with van der Waals surface area (Å²) in [6.45, 7) is 1.89. The van der Waals surface area contributed by atoms with E-state index in [-0.39, 0.29) is 5.41 Å². The van der Waals surface area contributed by atoms with E-state index in [1.807, 2.05) is 25.1 Å². The smallest absolute Gasteiger partial charge is 0.237 e. The van der Waals surface area contributed by atoms with E-state index in [0.29, 0.717) is 18.1 Å². The molecule has 0 aliphatic heterocycles. The van der Waals surface area contributed by atoms with Gasteiger partial charge in [-0.15, -0.1) is 0 Å². The van der Waals surface area contributed by atoms with E-state index >= 15 is 0 Å². The molecular formula is C14H16N2O2. The van der Waals surface area contributed by atoms with Gasteiger partial charge in [-0.1, -0.05) is 42.4 Å². The van der Waals surface area contributed by atoms with E-state index in [4.69, 9.17) is 4.52 Å². The maximum absolute atomic E-state index is 9.71. The average molecular weight is 244 g/mol. The van der Waals surface area contributed by atoms with Crippen LogP contribution in [0.5, 0.6) is 0 Å². The van der Waals surface area contributed by atoms with Crippen LogP contribution in [0.1, 0.15) is 49.6 Å². The van der Waals surface area contributed by atoms with Gasteiger partial charge in [-0.3, -0.25) is 0 Å². The van der Waals surface area contributed by atoms with Gasteiger partial charge in [-0.05, 0) is 24.8 Å². The molecule has 4 heteroatoms. The summed E-state index contributed by atoms with van der Waals surface area (Å²) in [7, 11) is 0. The Balaban J connectivity index is 1.93. The lowest BCUT2D eigenvalue weighted by Gasteiger charge is -2.09. The summed E-state index contributed by atoms with van der Waals surface area (Å²) in [5, 5.41) is 13.6. The van der Waals surface area contributed by atoms with Crippen molar-refractivity contribution in [2.24, 2.45) is 0 Å². The van der Waals surface area contributed by atoms with Gasteiger partial charge in [0.1, 0.15) is 6.10 Å². The highest BCUT2D eigenvalue weighted by molar-refractivity contribution is 5.38. The second-order valence-corrected chi connectivity index (χ2v) is 4.83. The number of nitrogens with zero attached hydrogens (tertiary/aromatic N) is 2. The first-order valence-corrected chi connectivity index (χ1v) is 6.34. The van der Waals surface area contributed by atoms with Gasteiger partial charge in [0.15, 0.2) is 5.82 Å². The van der Waals surface area contributed by atoms with E-state index < -0.39 is 6.10 Å². The standard InChI is InChI=1S/C14H16N2O2/c1-2-11(17)12-15-13(18-16-12)14(8-9-14)10-6-4-3-5-7-10/h3-7,11,17H,2,8-9H2,1H3. The zero-order valence-electron chi connectivity index (χ0n) is 10.3. The lowest BCUT2D eigenvalue weighted by Crippen LogP contribution is -2.09. The maximum Gasteiger partial charge on any atom is 0.237 e. The first-order valence-electron chi connectivity index (χ1n) is 6.34. The molecule has 1 fully saturated rings. The van der Waals surface area contributed by atoms with Crippen molar-refractivity contribution in [2.45, 2.75) is 37.7 Å². The number of hydrogen-bond donors (Lipinski definition) is 1. The predicted octanol–water partition coefficient (Wildman–Crippen LogP) is 2.59. The molecule has 1 N–H and O–H groups in total. The first-order chi connectivity index (χ1) is 8.76. The van der Waals surface area contributed by atoms with Crippen LogP contribution in [0.15, 0.2) is 34.9 Å². The van der Waals surface area contributed by atoms with Crippen molar-refractivity contribution >= 4 is 0 Å². The van der Waals surface area contributed by atoms with Gasteiger partial charge in [0.2, 0.25) is 5.89 Å². The van der Waals surface area contributed by atoms with Crippen LogP contribution < -0.4 is 0 Å². The Labute approximate surface area is 106 Å². The Hall–Kier alpha value is -1.68. The van der Waals surface area contributed by atoms with Gasteiger partial charge in [0.25, 0.3) is 0 Å². The highest BCUT2D eigenvalue weighted by Crippen LogP contribution is 2.52. The molecule has 1 aliphatic carbocycles. The number of hydrogen-bond acceptors (Lipinski definition) is 4. The molecule has 1 unspecified atom stereocenters. The zero-order valence-corrected chi connectivity index (χ0v) is 10.3. The molecule has 0 radical (unpaired) electrons. The number of rotatable bonds is 4. The Morgan fingerprint density at radius 2 is 2.06 bits per heavy atom. The van der Waals surface area contributed by atoms with Gasteiger partial charge in [-0.25, -0.2) is 0 Å². The van der Waals surface area contributed by atoms with E-state index in [2.05, 4.69) is 22.3 Å². The minimum absolute atomic E-state index is 0.111. The van der Waals surface area contributed by atoms with Crippen LogP contribution in [0, 0.1) is 0 Å². The first kappa shape index (κ1) is 11.4. The van der Waals surface area contributed by atoms with Crippen molar-refractivity contribution in [1.29, 1.82) is 0 Å². The van der Waals surface area contributed by atoms with E-state index in [0.717, 1.165) is 12.8 Å². The summed E-state index contributed by atoms with van der Waals surface area (Å²) in [6, 6.07) is 10.2. The van der Waals surface area contributed by atoms with Gasteiger partial charge in [-0.2, -0.15) is 4.98 Å². The van der Waals surface area contributed by atoms with Crippen LogP contribution in [-0.4, -0.2) is 15.2 Å². The van der Waals surface area contributed by atoms with Crippen molar-refractivity contribution < 1.29 is 9.63 Å². The Kier molecular flexibility index (Phi) is 2.67. The summed E-state index contributed by atoms with van der Waals surface area (Å²) in [5.74, 6) is 1.03. The quantitative estimate of drug-likeness (QED) is 0.898. The average Bonchev–Trinajstić information content (AvgIpc) is 3.10. The van der Waals surface area contributed by atoms with Gasteiger partial charge in [0.05, 0.1) is 5.41 Å². The van der Waals surface area contributed by atoms with Crippen LogP contribution in [0.4, 0.5) is 0 Å². The van der Waals surface area contributed by atoms with Crippen LogP contribution >= 0.6 is 0 Å². The Morgan fingerprint density at radius 3 is 2.67 bits per heavy atom. The minimum Gasteiger partial charge on any atom is -0.385 e. The van der Waals surface area contributed by atoms with Crippen molar-refractivity contribution in [1.82, 2.24) is 10.1 Å². The summed E-state index contributed by atoms with van der Waals surface area (Å²) in [5.41, 5.74) is 1.10. The molecule has 1 aliphatic rings. The van der Waals surface area contributed by atoms with Gasteiger partial charge >= 0.3 is 0 Å². The second-order valence-electron chi connectivity index (χ2n) is 4.83.